The van der Waals surface area contributed by atoms with Crippen molar-refractivity contribution in [1.82, 2.24) is 9.97 Å². The molecule has 2 atom stereocenters. The molecule has 0 aliphatic carbocycles. The third kappa shape index (κ3) is 7.58. The van der Waals surface area contributed by atoms with Gasteiger partial charge in [0.15, 0.2) is 0 Å². The molecule has 30 heavy (non-hydrogen) atoms. The summed E-state index contributed by atoms with van der Waals surface area (Å²) < 4.78 is 0. The van der Waals surface area contributed by atoms with Gasteiger partial charge < -0.3 is 22.6 Å². The molecule has 2 aromatic heterocycles. The van der Waals surface area contributed by atoms with Gasteiger partial charge in [-0.2, -0.15) is 0 Å². The second-order valence-corrected chi connectivity index (χ2v) is 6.09. The van der Waals surface area contributed by atoms with Gasteiger partial charge in [-0.3, -0.25) is 9.97 Å². The summed E-state index contributed by atoms with van der Waals surface area (Å²) in [6.07, 6.45) is 1.53. The molecule has 2 heterocycles. The molecule has 1 radical (unpaired) electrons. The van der Waals surface area contributed by atoms with Gasteiger partial charge in [0.2, 0.25) is 0 Å². The summed E-state index contributed by atoms with van der Waals surface area (Å²) in [6.45, 7) is 0. The van der Waals surface area contributed by atoms with Gasteiger partial charge in [0.25, 0.3) is 0 Å². The molecule has 0 saturated heterocycles. The third-order valence-electron chi connectivity index (χ3n) is 4.12. The molecule has 6 heteroatoms. The van der Waals surface area contributed by atoms with Gasteiger partial charge in [-0.1, -0.05) is 96.1 Å². The van der Waals surface area contributed by atoms with Crippen molar-refractivity contribution < 1.29 is 48.8 Å². The summed E-state index contributed by atoms with van der Waals surface area (Å²) in [5.41, 5.74) is 2.65. The molecule has 0 fully saturated rings. The van der Waals surface area contributed by atoms with Crippen LogP contribution in [-0.4, -0.2) is 9.97 Å². The minimum absolute atomic E-state index is 0. The maximum atomic E-state index is 11.9. The maximum absolute atomic E-state index is 11.9. The molecule has 0 bridgehead atoms. The minimum Gasteiger partial charge on any atom is -1.00 e. The summed E-state index contributed by atoms with van der Waals surface area (Å²) in [6, 6.07) is 29.3. The van der Waals surface area contributed by atoms with E-state index in [1.165, 1.54) is 0 Å². The number of halogens is 1. The van der Waals surface area contributed by atoms with Gasteiger partial charge in [0.05, 0.1) is 0 Å². The van der Waals surface area contributed by atoms with Crippen LogP contribution in [0.3, 0.4) is 0 Å². The van der Waals surface area contributed by atoms with E-state index in [-0.39, 0.29) is 38.6 Å². The first-order valence-corrected chi connectivity index (χ1v) is 8.99. The molecule has 0 aliphatic heterocycles. The normalized spacial score (nSPS) is 11.5. The Kier molecular flexibility index (Phi) is 12.0. The van der Waals surface area contributed by atoms with Crippen LogP contribution in [0, 0.1) is 0 Å². The van der Waals surface area contributed by atoms with Crippen LogP contribution < -0.4 is 22.6 Å². The standard InChI is InChI=1S/2C12H10NO.ClH.Zr/c2*14-12(10-6-2-1-3-7-10)11-8-4-5-9-13-11;;/h2*1-9,12H;1H;/q2*-1;;+3/p-1. The molecule has 0 aliphatic rings. The number of aromatic nitrogens is 2. The second-order valence-electron chi connectivity index (χ2n) is 6.09. The predicted octanol–water partition coefficient (Wildman–Crippen LogP) is 0.0641. The number of pyridine rings is 2. The Balaban J connectivity index is 0.000000281. The zero-order chi connectivity index (χ0) is 19.6. The molecule has 4 rings (SSSR count). The fourth-order valence-corrected chi connectivity index (χ4v) is 2.66. The summed E-state index contributed by atoms with van der Waals surface area (Å²) in [5, 5.41) is 23.7. The summed E-state index contributed by atoms with van der Waals surface area (Å²) in [4.78, 5) is 8.09. The Morgan fingerprint density at radius 3 is 1.13 bits per heavy atom. The van der Waals surface area contributed by atoms with Crippen LogP contribution in [0.5, 0.6) is 0 Å². The Hall–Kier alpha value is -2.17. The smallest absolute Gasteiger partial charge is 1.00 e. The largest absolute Gasteiger partial charge is 3.00 e. The van der Waals surface area contributed by atoms with Crippen LogP contribution in [0.2, 0.25) is 0 Å². The predicted molar refractivity (Wildman–Crippen MR) is 105 cm³/mol. The number of nitrogens with zero attached hydrogens (tertiary/aromatic N) is 2. The van der Waals surface area contributed by atoms with E-state index < -0.39 is 12.2 Å². The Labute approximate surface area is 202 Å². The molecule has 0 saturated carbocycles. The van der Waals surface area contributed by atoms with Crippen LogP contribution in [0.25, 0.3) is 0 Å². The van der Waals surface area contributed by atoms with Gasteiger partial charge in [-0.25, -0.2) is 0 Å². The summed E-state index contributed by atoms with van der Waals surface area (Å²) in [7, 11) is 0. The van der Waals surface area contributed by atoms with Gasteiger partial charge in [-0.15, -0.1) is 0 Å². The Bertz CT molecular complexity index is 786. The van der Waals surface area contributed by atoms with Gasteiger partial charge in [0, 0.05) is 23.8 Å². The second kappa shape index (κ2) is 13.9. The van der Waals surface area contributed by atoms with E-state index in [1.807, 2.05) is 72.8 Å². The first kappa shape index (κ1) is 25.9. The van der Waals surface area contributed by atoms with Crippen molar-refractivity contribution in [2.45, 2.75) is 12.2 Å². The molecular weight excluding hydrogens is 475 g/mol. The third-order valence-corrected chi connectivity index (χ3v) is 4.12. The molecule has 2 unspecified atom stereocenters. The minimum atomic E-state index is -0.877. The monoisotopic (exact) mass is 493 g/mol. The van der Waals surface area contributed by atoms with Crippen LogP contribution in [0.4, 0.5) is 0 Å². The average Bonchev–Trinajstić information content (AvgIpc) is 2.81. The quantitative estimate of drug-likeness (QED) is 0.402. The van der Waals surface area contributed by atoms with E-state index in [4.69, 9.17) is 0 Å². The van der Waals surface area contributed by atoms with E-state index in [0.717, 1.165) is 11.1 Å². The topological polar surface area (TPSA) is 71.9 Å². The summed E-state index contributed by atoms with van der Waals surface area (Å²) in [5.74, 6) is 0. The van der Waals surface area contributed by atoms with Gasteiger partial charge in [0.1, 0.15) is 0 Å². The SMILES string of the molecule is [Cl-].[O-]C(c1ccccc1)c1ccccn1.[O-]C(c1ccccc1)c1ccccn1.[Zr+3]. The fraction of sp³-hybridized carbons (Fsp3) is 0.0833. The number of rotatable bonds is 4. The molecule has 4 nitrogen and oxygen atoms in total. The maximum Gasteiger partial charge on any atom is 3.00 e. The number of benzene rings is 2. The van der Waals surface area contributed by atoms with Crippen LogP contribution in [-0.2, 0) is 26.2 Å². The van der Waals surface area contributed by atoms with Crippen molar-refractivity contribution in [2.75, 3.05) is 0 Å². The first-order valence-electron chi connectivity index (χ1n) is 8.99. The molecule has 4 aromatic rings. The number of hydrogen-bond donors (Lipinski definition) is 0. The van der Waals surface area contributed by atoms with E-state index in [9.17, 15) is 10.2 Å². The summed E-state index contributed by atoms with van der Waals surface area (Å²) >= 11 is 0. The van der Waals surface area contributed by atoms with Crippen molar-refractivity contribution in [3.8, 4) is 0 Å². The van der Waals surface area contributed by atoms with E-state index in [2.05, 4.69) is 9.97 Å². The van der Waals surface area contributed by atoms with E-state index >= 15 is 0 Å². The molecular formula is C24H20ClN2O2Zr. The molecule has 0 amide bonds. The van der Waals surface area contributed by atoms with Crippen molar-refractivity contribution in [1.29, 1.82) is 0 Å². The molecule has 0 N–H and O–H groups in total. The fourth-order valence-electron chi connectivity index (χ4n) is 2.66. The molecule has 149 valence electrons. The average molecular weight is 495 g/mol. The van der Waals surface area contributed by atoms with Gasteiger partial charge in [-0.05, 0) is 24.3 Å². The van der Waals surface area contributed by atoms with Gasteiger partial charge >= 0.3 is 26.2 Å². The van der Waals surface area contributed by atoms with Crippen LogP contribution in [0.15, 0.2) is 109 Å². The zero-order valence-corrected chi connectivity index (χ0v) is 19.3. The molecule has 0 spiro atoms. The molecule has 2 aromatic carbocycles. The van der Waals surface area contributed by atoms with Crippen LogP contribution >= 0.6 is 0 Å². The van der Waals surface area contributed by atoms with Crippen molar-refractivity contribution in [3.05, 3.63) is 132 Å². The Morgan fingerprint density at radius 2 is 0.833 bits per heavy atom. The van der Waals surface area contributed by atoms with Crippen molar-refractivity contribution >= 4 is 0 Å². The van der Waals surface area contributed by atoms with E-state index in [0.29, 0.717) is 11.4 Å². The van der Waals surface area contributed by atoms with E-state index in [1.54, 1.807) is 36.7 Å². The van der Waals surface area contributed by atoms with Crippen molar-refractivity contribution in [2.24, 2.45) is 0 Å². The van der Waals surface area contributed by atoms with Crippen molar-refractivity contribution in [3.63, 3.8) is 0 Å². The first-order chi connectivity index (χ1) is 13.8. The van der Waals surface area contributed by atoms with Crippen LogP contribution in [0.1, 0.15) is 34.7 Å². The Morgan fingerprint density at radius 1 is 0.500 bits per heavy atom. The zero-order valence-electron chi connectivity index (χ0n) is 16.1. The number of hydrogen-bond acceptors (Lipinski definition) is 4.